The van der Waals surface area contributed by atoms with Crippen molar-refractivity contribution in [2.75, 3.05) is 20.3 Å². The van der Waals surface area contributed by atoms with Crippen molar-refractivity contribution in [3.05, 3.63) is 40.6 Å². The zero-order chi connectivity index (χ0) is 16.3. The lowest BCUT2D eigenvalue weighted by molar-refractivity contribution is -0.137. The first kappa shape index (κ1) is 16.7. The Morgan fingerprint density at radius 1 is 1.18 bits per heavy atom. The molecule has 0 bridgehead atoms. The Balaban J connectivity index is 2.42. The molecule has 118 valence electrons. The summed E-state index contributed by atoms with van der Waals surface area (Å²) in [5, 5.41) is 0.157. The normalized spacial score (nSPS) is 15.4. The van der Waals surface area contributed by atoms with Gasteiger partial charge in [-0.25, -0.2) is 4.39 Å². The lowest BCUT2D eigenvalue weighted by Gasteiger charge is -2.14. The summed E-state index contributed by atoms with van der Waals surface area (Å²) in [6, 6.07) is 5.62. The van der Waals surface area contributed by atoms with E-state index in [2.05, 4.69) is 0 Å². The number of rotatable bonds is 6. The third kappa shape index (κ3) is 3.39. The van der Waals surface area contributed by atoms with E-state index in [4.69, 9.17) is 4.74 Å². The van der Waals surface area contributed by atoms with E-state index in [-0.39, 0.29) is 36.0 Å². The predicted molar refractivity (Wildman–Crippen MR) is 84.6 cm³/mol. The summed E-state index contributed by atoms with van der Waals surface area (Å²) in [6.07, 6.45) is 0. The maximum absolute atomic E-state index is 13.1. The van der Waals surface area contributed by atoms with Crippen molar-refractivity contribution in [1.29, 1.82) is 0 Å². The highest BCUT2D eigenvalue weighted by molar-refractivity contribution is 8.04. The van der Waals surface area contributed by atoms with Gasteiger partial charge in [0.1, 0.15) is 5.82 Å². The minimum atomic E-state index is -0.379. The Hall–Kier alpha value is -1.66. The number of thioether (sulfide) groups is 1. The van der Waals surface area contributed by atoms with Crippen LogP contribution in [0.2, 0.25) is 0 Å². The van der Waals surface area contributed by atoms with Gasteiger partial charge in [0.2, 0.25) is 0 Å². The van der Waals surface area contributed by atoms with Gasteiger partial charge in [-0.3, -0.25) is 14.5 Å². The van der Waals surface area contributed by atoms with E-state index in [9.17, 15) is 14.0 Å². The minimum Gasteiger partial charge on any atom is -0.383 e. The molecule has 1 aliphatic rings. The second kappa shape index (κ2) is 7.07. The topological polar surface area (TPSA) is 46.6 Å². The molecule has 22 heavy (non-hydrogen) atoms. The van der Waals surface area contributed by atoms with Gasteiger partial charge < -0.3 is 4.74 Å². The van der Waals surface area contributed by atoms with Crippen LogP contribution in [0.3, 0.4) is 0 Å². The lowest BCUT2D eigenvalue weighted by atomic mass is 10.1. The molecule has 4 nitrogen and oxygen atoms in total. The number of halogens is 1. The van der Waals surface area contributed by atoms with Crippen LogP contribution in [0.5, 0.6) is 0 Å². The maximum atomic E-state index is 13.1. The number of benzene rings is 1. The van der Waals surface area contributed by atoms with Crippen LogP contribution in [-0.4, -0.2) is 42.2 Å². The van der Waals surface area contributed by atoms with Gasteiger partial charge in [-0.1, -0.05) is 26.0 Å². The maximum Gasteiger partial charge on any atom is 0.268 e. The third-order valence-electron chi connectivity index (χ3n) is 3.13. The Kier molecular flexibility index (Phi) is 5.37. The van der Waals surface area contributed by atoms with E-state index in [1.165, 1.54) is 48.0 Å². The smallest absolute Gasteiger partial charge is 0.268 e. The number of hydrogen-bond donors (Lipinski definition) is 0. The van der Waals surface area contributed by atoms with Crippen molar-refractivity contribution in [3.8, 4) is 0 Å². The molecule has 6 heteroatoms. The Labute approximate surface area is 133 Å². The largest absolute Gasteiger partial charge is 0.383 e. The number of hydrogen-bond acceptors (Lipinski definition) is 4. The molecule has 0 saturated heterocycles. The second-order valence-electron chi connectivity index (χ2n) is 5.13. The average molecular weight is 323 g/mol. The van der Waals surface area contributed by atoms with Crippen LogP contribution in [0.4, 0.5) is 4.39 Å². The second-order valence-corrected chi connectivity index (χ2v) is 6.72. The molecule has 0 fully saturated rings. The van der Waals surface area contributed by atoms with E-state index in [1.807, 2.05) is 13.8 Å². The highest BCUT2D eigenvalue weighted by Crippen LogP contribution is 2.37. The number of methoxy groups -OCH3 is 1. The first-order valence-electron chi connectivity index (χ1n) is 6.97. The van der Waals surface area contributed by atoms with Gasteiger partial charge in [0.25, 0.3) is 11.8 Å². The highest BCUT2D eigenvalue weighted by atomic mass is 32.2. The predicted octanol–water partition coefficient (Wildman–Crippen LogP) is 2.69. The summed E-state index contributed by atoms with van der Waals surface area (Å²) in [5.41, 5.74) is 0.905. The summed E-state index contributed by atoms with van der Waals surface area (Å²) in [4.78, 5) is 26.7. The summed E-state index contributed by atoms with van der Waals surface area (Å²) < 4.78 is 18.1. The molecule has 1 aromatic carbocycles. The fourth-order valence-corrected chi connectivity index (χ4v) is 3.16. The summed E-state index contributed by atoms with van der Waals surface area (Å²) in [7, 11) is 1.52. The number of carbonyl (C=O) groups excluding carboxylic acids is 2. The first-order valence-corrected chi connectivity index (χ1v) is 7.85. The van der Waals surface area contributed by atoms with Crippen molar-refractivity contribution >= 4 is 29.1 Å². The van der Waals surface area contributed by atoms with E-state index in [0.717, 1.165) is 0 Å². The van der Waals surface area contributed by atoms with Gasteiger partial charge in [-0.15, -0.1) is 11.8 Å². The Morgan fingerprint density at radius 3 is 2.36 bits per heavy atom. The molecule has 0 saturated carbocycles. The molecule has 1 aliphatic heterocycles. The Morgan fingerprint density at radius 2 is 1.82 bits per heavy atom. The molecular weight excluding hydrogens is 305 g/mol. The minimum absolute atomic E-state index is 0.157. The molecule has 2 amide bonds. The molecule has 0 N–H and O–H groups in total. The zero-order valence-corrected chi connectivity index (χ0v) is 13.6. The van der Waals surface area contributed by atoms with Crippen molar-refractivity contribution in [2.45, 2.75) is 19.1 Å². The number of nitrogens with zero attached hydrogens (tertiary/aromatic N) is 1. The van der Waals surface area contributed by atoms with Crippen LogP contribution in [-0.2, 0) is 14.3 Å². The summed E-state index contributed by atoms with van der Waals surface area (Å²) >= 11 is 1.35. The van der Waals surface area contributed by atoms with Crippen LogP contribution in [0.25, 0.3) is 5.57 Å². The number of ether oxygens (including phenoxy) is 1. The van der Waals surface area contributed by atoms with Crippen LogP contribution in [0.15, 0.2) is 29.2 Å². The van der Waals surface area contributed by atoms with Crippen molar-refractivity contribution in [1.82, 2.24) is 4.90 Å². The lowest BCUT2D eigenvalue weighted by Crippen LogP contribution is -2.34. The number of imide groups is 1. The van der Waals surface area contributed by atoms with Gasteiger partial charge >= 0.3 is 0 Å². The third-order valence-corrected chi connectivity index (χ3v) is 4.22. The van der Waals surface area contributed by atoms with E-state index in [1.54, 1.807) is 0 Å². The first-order chi connectivity index (χ1) is 10.5. The molecular formula is C16H18FNO3S. The van der Waals surface area contributed by atoms with Crippen LogP contribution < -0.4 is 0 Å². The number of amides is 2. The van der Waals surface area contributed by atoms with Gasteiger partial charge in [-0.2, -0.15) is 0 Å². The molecule has 1 heterocycles. The molecule has 2 rings (SSSR count). The quantitative estimate of drug-likeness (QED) is 0.755. The van der Waals surface area contributed by atoms with Crippen LogP contribution >= 0.6 is 11.8 Å². The zero-order valence-electron chi connectivity index (χ0n) is 12.8. The van der Waals surface area contributed by atoms with E-state index < -0.39 is 0 Å². The van der Waals surface area contributed by atoms with Gasteiger partial charge in [0.05, 0.1) is 23.6 Å². The molecule has 0 spiro atoms. The Bertz CT molecular complexity index is 610. The SMILES string of the molecule is COCCN1C(=O)C(SC(C)C)=C(c2ccc(F)cc2)C1=O. The van der Waals surface area contributed by atoms with Crippen LogP contribution in [0, 0.1) is 5.82 Å². The average Bonchev–Trinajstić information content (AvgIpc) is 2.69. The molecule has 0 unspecified atom stereocenters. The van der Waals surface area contributed by atoms with Gasteiger partial charge in [0.15, 0.2) is 0 Å². The monoisotopic (exact) mass is 323 g/mol. The highest BCUT2D eigenvalue weighted by Gasteiger charge is 2.39. The summed E-state index contributed by atoms with van der Waals surface area (Å²) in [6.45, 7) is 4.40. The van der Waals surface area contributed by atoms with Gasteiger partial charge in [-0.05, 0) is 17.7 Å². The molecule has 0 aliphatic carbocycles. The fourth-order valence-electron chi connectivity index (χ4n) is 2.16. The van der Waals surface area contributed by atoms with E-state index in [0.29, 0.717) is 16.0 Å². The van der Waals surface area contributed by atoms with Gasteiger partial charge in [0, 0.05) is 12.4 Å². The molecule has 1 aromatic rings. The standard InChI is InChI=1S/C16H18FNO3S/c1-10(2)22-14-13(11-4-6-12(17)7-5-11)15(19)18(16(14)20)8-9-21-3/h4-7,10H,8-9H2,1-3H3. The summed E-state index contributed by atoms with van der Waals surface area (Å²) in [5.74, 6) is -1.03. The number of carbonyl (C=O) groups is 2. The van der Waals surface area contributed by atoms with Crippen LogP contribution in [0.1, 0.15) is 19.4 Å². The van der Waals surface area contributed by atoms with Crippen molar-refractivity contribution in [3.63, 3.8) is 0 Å². The van der Waals surface area contributed by atoms with E-state index >= 15 is 0 Å². The van der Waals surface area contributed by atoms with Crippen molar-refractivity contribution in [2.24, 2.45) is 0 Å². The molecule has 0 radical (unpaired) electrons. The van der Waals surface area contributed by atoms with Crippen molar-refractivity contribution < 1.29 is 18.7 Å². The molecule has 0 atom stereocenters. The molecule has 0 aromatic heterocycles. The fraction of sp³-hybridized carbons (Fsp3) is 0.375.